The summed E-state index contributed by atoms with van der Waals surface area (Å²) in [5, 5.41) is 13.9. The number of phosphoric ester groups is 1. The molecule has 8 nitrogen and oxygen atoms in total. The summed E-state index contributed by atoms with van der Waals surface area (Å²) in [5.74, 6) is -0.243. The van der Waals surface area contributed by atoms with Crippen LogP contribution in [0.15, 0.2) is 48.6 Å². The number of hydrogen-bond acceptors (Lipinski definition) is 6. The van der Waals surface area contributed by atoms with Crippen LogP contribution in [0.1, 0.15) is 245 Å². The van der Waals surface area contributed by atoms with E-state index >= 15 is 0 Å². The summed E-state index contributed by atoms with van der Waals surface area (Å²) in [6.45, 7) is 4.56. The summed E-state index contributed by atoms with van der Waals surface area (Å²) in [7, 11) is 1.26. The number of likely N-dealkylation sites (N-methyl/N-ethyl adjacent to an activating group) is 1. The first-order valence-corrected chi connectivity index (χ1v) is 28.4. The summed E-state index contributed by atoms with van der Waals surface area (Å²) in [5.41, 5.74) is 0. The lowest BCUT2D eigenvalue weighted by Gasteiger charge is -2.30. The summed E-state index contributed by atoms with van der Waals surface area (Å²) in [6.07, 6.45) is 60.4. The highest BCUT2D eigenvalue weighted by molar-refractivity contribution is 7.45. The molecule has 0 bridgehead atoms. The third-order valence-electron chi connectivity index (χ3n) is 12.1. The molecule has 0 aromatic rings. The molecule has 0 aliphatic carbocycles. The van der Waals surface area contributed by atoms with Crippen LogP contribution in [-0.2, 0) is 18.4 Å². The molecule has 1 amide bonds. The average molecular weight is 921 g/mol. The third-order valence-corrected chi connectivity index (χ3v) is 13.1. The molecular weight excluding hydrogens is 816 g/mol. The monoisotopic (exact) mass is 921 g/mol. The van der Waals surface area contributed by atoms with Gasteiger partial charge in [0.2, 0.25) is 5.91 Å². The number of amides is 1. The third kappa shape index (κ3) is 48.4. The molecule has 2 N–H and O–H groups in total. The standard InChI is InChI=1S/C55H105N2O6P/c1-6-8-10-12-14-16-18-20-21-22-23-24-25-26-27-28-29-30-31-32-33-34-35-37-38-40-42-44-46-48-54(58)53(52-63-64(60,61)62-51-50-57(3,4)5)56-55(59)49-47-45-43-41-39-36-19-17-15-13-11-9-7-2/h9,11,15,17,36,39,43,45,53-54,58H,6-8,10,12-14,16,18-35,37-38,40-42,44,46-52H2,1-5H3,(H-,56,59,60,61)/b11-9-,17-15-,39-36-,45-43-. The smallest absolute Gasteiger partial charge is 0.268 e. The number of unbranched alkanes of at least 4 members (excludes halogenated alkanes) is 28. The average Bonchev–Trinajstić information content (AvgIpc) is 3.25. The van der Waals surface area contributed by atoms with E-state index in [0.717, 1.165) is 44.9 Å². The molecule has 0 spiro atoms. The predicted octanol–water partition coefficient (Wildman–Crippen LogP) is 15.3. The maximum atomic E-state index is 12.9. The zero-order chi connectivity index (χ0) is 47.1. The van der Waals surface area contributed by atoms with Gasteiger partial charge in [-0.15, -0.1) is 0 Å². The zero-order valence-corrected chi connectivity index (χ0v) is 43.6. The minimum absolute atomic E-state index is 0.00161. The summed E-state index contributed by atoms with van der Waals surface area (Å²) in [4.78, 5) is 25.3. The van der Waals surface area contributed by atoms with E-state index in [4.69, 9.17) is 9.05 Å². The molecule has 0 rings (SSSR count). The summed E-state index contributed by atoms with van der Waals surface area (Å²) in [6, 6.07) is -0.840. The second kappa shape index (κ2) is 46.6. The molecule has 0 heterocycles. The van der Waals surface area contributed by atoms with Gasteiger partial charge in [-0.25, -0.2) is 0 Å². The van der Waals surface area contributed by atoms with E-state index < -0.39 is 20.0 Å². The molecule has 3 unspecified atom stereocenters. The van der Waals surface area contributed by atoms with Crippen molar-refractivity contribution in [2.45, 2.75) is 257 Å². The Morgan fingerprint density at radius 3 is 1.30 bits per heavy atom. The first-order valence-electron chi connectivity index (χ1n) is 27.0. The van der Waals surface area contributed by atoms with Crippen molar-refractivity contribution in [2.75, 3.05) is 40.9 Å². The zero-order valence-electron chi connectivity index (χ0n) is 42.7. The molecule has 0 aliphatic rings. The lowest BCUT2D eigenvalue weighted by Crippen LogP contribution is -2.46. The van der Waals surface area contributed by atoms with Gasteiger partial charge in [0.15, 0.2) is 0 Å². The normalized spacial score (nSPS) is 14.4. The lowest BCUT2D eigenvalue weighted by atomic mass is 10.0. The quantitative estimate of drug-likeness (QED) is 0.0272. The van der Waals surface area contributed by atoms with Crippen molar-refractivity contribution in [3.05, 3.63) is 48.6 Å². The number of quaternary nitrogens is 1. The van der Waals surface area contributed by atoms with Gasteiger partial charge < -0.3 is 28.8 Å². The second-order valence-corrected chi connectivity index (χ2v) is 21.0. The molecule has 376 valence electrons. The molecule has 0 radical (unpaired) electrons. The minimum atomic E-state index is -4.59. The maximum absolute atomic E-state index is 12.9. The SMILES string of the molecule is CC/C=C\C/C=C\C/C=C\C/C=C\CCC(=O)NC(COP(=O)([O-])OCC[N+](C)(C)C)C(O)CCCCCCCCCCCCCCCCCCCCCCCCCCCCCCC. The second-order valence-electron chi connectivity index (χ2n) is 19.6. The number of nitrogens with zero attached hydrogens (tertiary/aromatic N) is 1. The Balaban J connectivity index is 4.11. The Kier molecular flexibility index (Phi) is 45.4. The molecule has 0 fully saturated rings. The van der Waals surface area contributed by atoms with Crippen LogP contribution in [0.25, 0.3) is 0 Å². The number of nitrogens with one attached hydrogen (secondary N) is 1. The Hall–Kier alpha value is -1.54. The largest absolute Gasteiger partial charge is 0.756 e. The van der Waals surface area contributed by atoms with E-state index in [0.29, 0.717) is 23.9 Å². The minimum Gasteiger partial charge on any atom is -0.756 e. The molecule has 0 saturated carbocycles. The van der Waals surface area contributed by atoms with E-state index in [1.807, 2.05) is 33.3 Å². The van der Waals surface area contributed by atoms with Gasteiger partial charge in [0.1, 0.15) is 13.2 Å². The maximum Gasteiger partial charge on any atom is 0.268 e. The van der Waals surface area contributed by atoms with Gasteiger partial charge in [-0.2, -0.15) is 0 Å². The fraction of sp³-hybridized carbons (Fsp3) is 0.836. The van der Waals surface area contributed by atoms with Gasteiger partial charge in [-0.1, -0.05) is 249 Å². The molecule has 0 aromatic carbocycles. The van der Waals surface area contributed by atoms with Crippen molar-refractivity contribution in [1.82, 2.24) is 5.32 Å². The molecule has 0 aliphatic heterocycles. The lowest BCUT2D eigenvalue weighted by molar-refractivity contribution is -0.870. The van der Waals surface area contributed by atoms with E-state index in [1.165, 1.54) is 167 Å². The summed E-state index contributed by atoms with van der Waals surface area (Å²) < 4.78 is 23.3. The van der Waals surface area contributed by atoms with E-state index in [1.54, 1.807) is 0 Å². The van der Waals surface area contributed by atoms with E-state index in [-0.39, 0.29) is 25.5 Å². The van der Waals surface area contributed by atoms with Gasteiger partial charge in [-0.3, -0.25) is 9.36 Å². The molecule has 9 heteroatoms. The van der Waals surface area contributed by atoms with Crippen LogP contribution < -0.4 is 10.2 Å². The highest BCUT2D eigenvalue weighted by Gasteiger charge is 2.24. The molecule has 0 aromatic heterocycles. The molecule has 64 heavy (non-hydrogen) atoms. The fourth-order valence-electron chi connectivity index (χ4n) is 7.88. The number of allylic oxidation sites excluding steroid dienone is 8. The first kappa shape index (κ1) is 62.5. The van der Waals surface area contributed by atoms with Gasteiger partial charge in [0.05, 0.1) is 39.9 Å². The van der Waals surface area contributed by atoms with E-state index in [9.17, 15) is 19.4 Å². The number of phosphoric acid groups is 1. The Bertz CT molecular complexity index is 1180. The Morgan fingerprint density at radius 2 is 0.922 bits per heavy atom. The highest BCUT2D eigenvalue weighted by Crippen LogP contribution is 2.38. The fourth-order valence-corrected chi connectivity index (χ4v) is 8.60. The number of aliphatic hydroxyl groups excluding tert-OH is 1. The van der Waals surface area contributed by atoms with Crippen LogP contribution in [-0.4, -0.2) is 68.5 Å². The number of carbonyl (C=O) groups is 1. The van der Waals surface area contributed by atoms with Crippen LogP contribution in [0.2, 0.25) is 0 Å². The van der Waals surface area contributed by atoms with Crippen molar-refractivity contribution < 1.29 is 32.9 Å². The molecular formula is C55H105N2O6P. The predicted molar refractivity (Wildman–Crippen MR) is 274 cm³/mol. The Morgan fingerprint density at radius 1 is 0.562 bits per heavy atom. The molecule has 0 saturated heterocycles. The summed E-state index contributed by atoms with van der Waals surface area (Å²) >= 11 is 0. The van der Waals surface area contributed by atoms with Crippen LogP contribution in [0.4, 0.5) is 0 Å². The molecule has 3 atom stereocenters. The van der Waals surface area contributed by atoms with Crippen molar-refractivity contribution in [3.8, 4) is 0 Å². The van der Waals surface area contributed by atoms with Crippen LogP contribution >= 0.6 is 7.82 Å². The van der Waals surface area contributed by atoms with Gasteiger partial charge in [0, 0.05) is 6.42 Å². The van der Waals surface area contributed by atoms with Crippen LogP contribution in [0, 0.1) is 0 Å². The topological polar surface area (TPSA) is 108 Å². The number of rotatable bonds is 49. The number of aliphatic hydroxyl groups is 1. The highest BCUT2D eigenvalue weighted by atomic mass is 31.2. The Labute approximate surface area is 397 Å². The van der Waals surface area contributed by atoms with Crippen LogP contribution in [0.5, 0.6) is 0 Å². The van der Waals surface area contributed by atoms with Crippen molar-refractivity contribution in [3.63, 3.8) is 0 Å². The van der Waals surface area contributed by atoms with E-state index in [2.05, 4.69) is 55.6 Å². The number of hydrogen-bond donors (Lipinski definition) is 2. The number of carbonyl (C=O) groups excluding carboxylic acids is 1. The van der Waals surface area contributed by atoms with Crippen LogP contribution in [0.3, 0.4) is 0 Å². The first-order chi connectivity index (χ1) is 31.0. The van der Waals surface area contributed by atoms with Gasteiger partial charge in [-0.05, 0) is 38.5 Å². The van der Waals surface area contributed by atoms with Gasteiger partial charge in [0.25, 0.3) is 7.82 Å². The van der Waals surface area contributed by atoms with Gasteiger partial charge >= 0.3 is 0 Å². The van der Waals surface area contributed by atoms with Crippen molar-refractivity contribution in [1.29, 1.82) is 0 Å². The van der Waals surface area contributed by atoms with Crippen molar-refractivity contribution >= 4 is 13.7 Å². The van der Waals surface area contributed by atoms with Crippen molar-refractivity contribution in [2.24, 2.45) is 0 Å².